The molecule has 37 heavy (non-hydrogen) atoms. The van der Waals surface area contributed by atoms with Crippen molar-refractivity contribution in [2.24, 2.45) is 0 Å². The fourth-order valence-corrected chi connectivity index (χ4v) is 4.81. The Labute approximate surface area is 219 Å². The molecule has 1 saturated carbocycles. The van der Waals surface area contributed by atoms with Crippen LogP contribution in [0.15, 0.2) is 60.8 Å². The molecule has 5 rings (SSSR count). The molecule has 0 radical (unpaired) electrons. The summed E-state index contributed by atoms with van der Waals surface area (Å²) >= 11 is 6.24. The standard InChI is InChI=1S/C28H27ClFN3O4/c1-36-27(35)19-4-6-20(7-5-19)28(11-12-28)32-26(34)24-14-21(29)16-31-25(24)33-13-10-23(17-33)37-22-8-2-18(15-30)3-9-22/h2-9,14,16,23H,10-13,15,17H2,1H3,(H,32,34). The zero-order valence-corrected chi connectivity index (χ0v) is 21.1. The van der Waals surface area contributed by atoms with Gasteiger partial charge in [0.15, 0.2) is 0 Å². The molecule has 2 aliphatic rings. The number of rotatable bonds is 8. The molecule has 0 spiro atoms. The van der Waals surface area contributed by atoms with Crippen molar-refractivity contribution in [2.75, 3.05) is 25.1 Å². The van der Waals surface area contributed by atoms with Crippen LogP contribution in [0.4, 0.5) is 10.2 Å². The lowest BCUT2D eigenvalue weighted by Gasteiger charge is -2.23. The smallest absolute Gasteiger partial charge is 0.337 e. The second-order valence-electron chi connectivity index (χ2n) is 9.38. The van der Waals surface area contributed by atoms with Gasteiger partial charge < -0.3 is 19.7 Å². The lowest BCUT2D eigenvalue weighted by molar-refractivity contribution is 0.0600. The highest BCUT2D eigenvalue weighted by atomic mass is 35.5. The number of amides is 1. The van der Waals surface area contributed by atoms with Gasteiger partial charge in [-0.25, -0.2) is 14.2 Å². The van der Waals surface area contributed by atoms with Gasteiger partial charge in [-0.15, -0.1) is 0 Å². The van der Waals surface area contributed by atoms with Gasteiger partial charge in [-0.3, -0.25) is 4.79 Å². The van der Waals surface area contributed by atoms with Crippen molar-refractivity contribution < 1.29 is 23.5 Å². The number of carbonyl (C=O) groups is 2. The van der Waals surface area contributed by atoms with E-state index in [2.05, 4.69) is 10.3 Å². The molecule has 2 aromatic carbocycles. The van der Waals surface area contributed by atoms with Gasteiger partial charge in [0.2, 0.25) is 0 Å². The summed E-state index contributed by atoms with van der Waals surface area (Å²) in [6.45, 7) is 0.715. The van der Waals surface area contributed by atoms with Crippen molar-refractivity contribution in [3.05, 3.63) is 88.1 Å². The number of carbonyl (C=O) groups excluding carboxylic acids is 2. The summed E-state index contributed by atoms with van der Waals surface area (Å²) in [6.07, 6.45) is 3.79. The Balaban J connectivity index is 1.29. The highest BCUT2D eigenvalue weighted by Crippen LogP contribution is 2.46. The van der Waals surface area contributed by atoms with Crippen LogP contribution in [0.1, 0.15) is 51.1 Å². The van der Waals surface area contributed by atoms with Crippen LogP contribution < -0.4 is 15.0 Å². The highest BCUT2D eigenvalue weighted by molar-refractivity contribution is 6.31. The zero-order chi connectivity index (χ0) is 26.0. The lowest BCUT2D eigenvalue weighted by Crippen LogP contribution is -2.36. The molecule has 1 aromatic heterocycles. The number of pyridine rings is 1. The summed E-state index contributed by atoms with van der Waals surface area (Å²) in [4.78, 5) is 31.8. The maximum Gasteiger partial charge on any atom is 0.337 e. The minimum absolute atomic E-state index is 0.0901. The fraction of sp³-hybridized carbons (Fsp3) is 0.321. The van der Waals surface area contributed by atoms with Crippen LogP contribution in [0.2, 0.25) is 5.02 Å². The molecule has 2 fully saturated rings. The highest BCUT2D eigenvalue weighted by Gasteiger charge is 2.46. The van der Waals surface area contributed by atoms with Crippen molar-refractivity contribution in [2.45, 2.75) is 37.6 Å². The minimum atomic E-state index is -0.509. The molecule has 1 unspecified atom stereocenters. The van der Waals surface area contributed by atoms with Crippen molar-refractivity contribution >= 4 is 29.3 Å². The molecule has 1 aliphatic heterocycles. The van der Waals surface area contributed by atoms with Crippen molar-refractivity contribution in [1.29, 1.82) is 0 Å². The van der Waals surface area contributed by atoms with E-state index in [4.69, 9.17) is 21.1 Å². The molecule has 1 atom stereocenters. The van der Waals surface area contributed by atoms with Crippen LogP contribution >= 0.6 is 11.6 Å². The number of halogens is 2. The Kier molecular flexibility index (Phi) is 7.02. The number of methoxy groups -OCH3 is 1. The second kappa shape index (κ2) is 10.4. The Hall–Kier alpha value is -3.65. The van der Waals surface area contributed by atoms with E-state index in [1.54, 1.807) is 42.5 Å². The SMILES string of the molecule is COC(=O)c1ccc(C2(NC(=O)c3cc(Cl)cnc3N3CCC(Oc4ccc(CF)cc4)C3)CC2)cc1. The van der Waals surface area contributed by atoms with Gasteiger partial charge in [0.1, 0.15) is 24.3 Å². The maximum atomic E-state index is 13.5. The summed E-state index contributed by atoms with van der Waals surface area (Å²) in [7, 11) is 1.34. The third-order valence-corrected chi connectivity index (χ3v) is 7.07. The van der Waals surface area contributed by atoms with E-state index < -0.39 is 18.2 Å². The zero-order valence-electron chi connectivity index (χ0n) is 20.4. The van der Waals surface area contributed by atoms with E-state index in [1.165, 1.54) is 13.3 Å². The fourth-order valence-electron chi connectivity index (χ4n) is 4.66. The number of aromatic nitrogens is 1. The van der Waals surface area contributed by atoms with E-state index in [0.29, 0.717) is 46.4 Å². The van der Waals surface area contributed by atoms with Crippen LogP contribution in [0, 0.1) is 0 Å². The van der Waals surface area contributed by atoms with Crippen LogP contribution in [-0.4, -0.2) is 43.2 Å². The van der Waals surface area contributed by atoms with Gasteiger partial charge in [0, 0.05) is 19.2 Å². The summed E-state index contributed by atoms with van der Waals surface area (Å²) < 4.78 is 23.6. The summed E-state index contributed by atoms with van der Waals surface area (Å²) in [5.74, 6) is 0.572. The van der Waals surface area contributed by atoms with Gasteiger partial charge in [-0.1, -0.05) is 35.9 Å². The predicted octanol–water partition coefficient (Wildman–Crippen LogP) is 5.07. The average Bonchev–Trinajstić information content (AvgIpc) is 3.56. The van der Waals surface area contributed by atoms with E-state index in [1.807, 2.05) is 17.0 Å². The summed E-state index contributed by atoms with van der Waals surface area (Å²) in [5, 5.41) is 3.55. The van der Waals surface area contributed by atoms with Crippen LogP contribution in [0.25, 0.3) is 0 Å². The van der Waals surface area contributed by atoms with Crippen LogP contribution in [0.5, 0.6) is 5.75 Å². The van der Waals surface area contributed by atoms with Crippen molar-refractivity contribution in [1.82, 2.24) is 10.3 Å². The molecule has 192 valence electrons. The number of alkyl halides is 1. The Morgan fingerprint density at radius 1 is 1.16 bits per heavy atom. The molecule has 1 amide bonds. The molecule has 7 nitrogen and oxygen atoms in total. The third-order valence-electron chi connectivity index (χ3n) is 6.86. The minimum Gasteiger partial charge on any atom is -0.489 e. The summed E-state index contributed by atoms with van der Waals surface area (Å²) in [5.41, 5.74) is 1.90. The lowest BCUT2D eigenvalue weighted by atomic mass is 10.0. The largest absolute Gasteiger partial charge is 0.489 e. The third kappa shape index (κ3) is 5.39. The quantitative estimate of drug-likeness (QED) is 0.415. The van der Waals surface area contributed by atoms with Gasteiger partial charge in [0.25, 0.3) is 5.91 Å². The van der Waals surface area contributed by atoms with E-state index in [9.17, 15) is 14.0 Å². The molecule has 1 N–H and O–H groups in total. The Morgan fingerprint density at radius 3 is 2.54 bits per heavy atom. The Bertz CT molecular complexity index is 1300. The second-order valence-corrected chi connectivity index (χ2v) is 9.82. The molecule has 3 aromatic rings. The number of nitrogens with one attached hydrogen (secondary N) is 1. The number of hydrogen-bond donors (Lipinski definition) is 1. The first kappa shape index (κ1) is 25.0. The van der Waals surface area contributed by atoms with Gasteiger partial charge in [0.05, 0.1) is 35.3 Å². The van der Waals surface area contributed by atoms with Crippen LogP contribution in [-0.2, 0) is 17.0 Å². The molecule has 0 bridgehead atoms. The first-order chi connectivity index (χ1) is 17.9. The molecule has 9 heteroatoms. The number of ether oxygens (including phenoxy) is 2. The van der Waals surface area contributed by atoms with Gasteiger partial charge in [-0.05, 0) is 54.3 Å². The van der Waals surface area contributed by atoms with Gasteiger partial charge >= 0.3 is 5.97 Å². The first-order valence-corrected chi connectivity index (χ1v) is 12.5. The predicted molar refractivity (Wildman–Crippen MR) is 138 cm³/mol. The average molecular weight is 524 g/mol. The first-order valence-electron chi connectivity index (χ1n) is 12.1. The van der Waals surface area contributed by atoms with E-state index in [0.717, 1.165) is 24.8 Å². The number of benzene rings is 2. The number of anilines is 1. The van der Waals surface area contributed by atoms with Crippen molar-refractivity contribution in [3.8, 4) is 5.75 Å². The molecular formula is C28H27ClFN3O4. The monoisotopic (exact) mass is 523 g/mol. The number of esters is 1. The topological polar surface area (TPSA) is 80.8 Å². The van der Waals surface area contributed by atoms with Gasteiger partial charge in [-0.2, -0.15) is 0 Å². The van der Waals surface area contributed by atoms with E-state index in [-0.39, 0.29) is 12.0 Å². The number of nitrogens with zero attached hydrogens (tertiary/aromatic N) is 2. The van der Waals surface area contributed by atoms with Crippen LogP contribution in [0.3, 0.4) is 0 Å². The van der Waals surface area contributed by atoms with Crippen molar-refractivity contribution in [3.63, 3.8) is 0 Å². The Morgan fingerprint density at radius 2 is 1.89 bits per heavy atom. The maximum absolute atomic E-state index is 13.5. The number of hydrogen-bond acceptors (Lipinski definition) is 6. The molecule has 2 heterocycles. The molecule has 1 saturated heterocycles. The summed E-state index contributed by atoms with van der Waals surface area (Å²) in [6, 6.07) is 15.7. The molecular weight excluding hydrogens is 497 g/mol. The normalized spacial score (nSPS) is 17.8. The molecule has 1 aliphatic carbocycles. The van der Waals surface area contributed by atoms with E-state index >= 15 is 0 Å².